The molecule has 1 rings (SSSR count). The second-order valence-corrected chi connectivity index (χ2v) is 4.02. The normalized spacial score (nSPS) is 18.6. The molecule has 0 atom stereocenters. The molecule has 1 saturated carbocycles. The van der Waals surface area contributed by atoms with Crippen molar-refractivity contribution in [1.29, 1.82) is 0 Å². The van der Waals surface area contributed by atoms with Crippen molar-refractivity contribution >= 4 is 0 Å². The average Bonchev–Trinajstić information content (AvgIpc) is 2.25. The molecule has 1 fully saturated rings. The van der Waals surface area contributed by atoms with E-state index in [4.69, 9.17) is 10.5 Å². The highest BCUT2D eigenvalue weighted by molar-refractivity contribution is 4.65. The molecule has 84 valence electrons. The van der Waals surface area contributed by atoms with Gasteiger partial charge in [-0.2, -0.15) is 0 Å². The van der Waals surface area contributed by atoms with Crippen LogP contribution in [0, 0.1) is 0 Å². The summed E-state index contributed by atoms with van der Waals surface area (Å²) in [6, 6.07) is 0. The monoisotopic (exact) mass is 200 g/mol. The minimum Gasteiger partial charge on any atom is -0.377 e. The Morgan fingerprint density at radius 3 is 2.64 bits per heavy atom. The lowest BCUT2D eigenvalue weighted by molar-refractivity contribution is 0.0304. The molecule has 1 aliphatic carbocycles. The minimum atomic E-state index is 0.542. The summed E-state index contributed by atoms with van der Waals surface area (Å²) in [5.74, 6) is 0. The second-order valence-electron chi connectivity index (χ2n) is 4.02. The van der Waals surface area contributed by atoms with Crippen molar-refractivity contribution in [3.05, 3.63) is 0 Å². The molecule has 14 heavy (non-hydrogen) atoms. The smallest absolute Gasteiger partial charge is 0.0594 e. The van der Waals surface area contributed by atoms with Gasteiger partial charge in [0.2, 0.25) is 0 Å². The standard InChI is InChI=1S/C11H24N2O/c12-7-4-8-13-9-10-14-11-5-2-1-3-6-11/h11,13H,1-10,12H2. The highest BCUT2D eigenvalue weighted by Gasteiger charge is 2.12. The Hall–Kier alpha value is -0.120. The third-order valence-corrected chi connectivity index (χ3v) is 2.74. The first kappa shape index (κ1) is 12.0. The quantitative estimate of drug-likeness (QED) is 0.608. The van der Waals surface area contributed by atoms with Gasteiger partial charge in [0.15, 0.2) is 0 Å². The Morgan fingerprint density at radius 2 is 1.93 bits per heavy atom. The van der Waals surface area contributed by atoms with Crippen LogP contribution in [-0.2, 0) is 4.74 Å². The van der Waals surface area contributed by atoms with Crippen LogP contribution < -0.4 is 11.1 Å². The van der Waals surface area contributed by atoms with Gasteiger partial charge in [-0.3, -0.25) is 0 Å². The highest BCUT2D eigenvalue weighted by Crippen LogP contribution is 2.19. The Kier molecular flexibility index (Phi) is 7.01. The average molecular weight is 200 g/mol. The van der Waals surface area contributed by atoms with Gasteiger partial charge in [-0.25, -0.2) is 0 Å². The molecule has 0 amide bonds. The molecule has 0 spiro atoms. The summed E-state index contributed by atoms with van der Waals surface area (Å²) in [6.07, 6.45) is 8.24. The molecule has 0 aliphatic heterocycles. The maximum Gasteiger partial charge on any atom is 0.0594 e. The van der Waals surface area contributed by atoms with Gasteiger partial charge >= 0.3 is 0 Å². The first-order chi connectivity index (χ1) is 6.93. The van der Waals surface area contributed by atoms with Crippen molar-refractivity contribution in [3.8, 4) is 0 Å². The SMILES string of the molecule is NCCCNCCOC1CCCCC1. The fourth-order valence-corrected chi connectivity index (χ4v) is 1.88. The van der Waals surface area contributed by atoms with Crippen molar-refractivity contribution in [2.45, 2.75) is 44.6 Å². The fourth-order valence-electron chi connectivity index (χ4n) is 1.88. The van der Waals surface area contributed by atoms with E-state index < -0.39 is 0 Å². The number of ether oxygens (including phenoxy) is 1. The molecule has 3 nitrogen and oxygen atoms in total. The zero-order valence-corrected chi connectivity index (χ0v) is 9.13. The Balaban J connectivity index is 1.82. The van der Waals surface area contributed by atoms with E-state index in [1.807, 2.05) is 0 Å². The summed E-state index contributed by atoms with van der Waals surface area (Å²) in [7, 11) is 0. The van der Waals surface area contributed by atoms with Crippen LogP contribution >= 0.6 is 0 Å². The molecule has 0 aromatic heterocycles. The molecular formula is C11H24N2O. The molecule has 3 heteroatoms. The summed E-state index contributed by atoms with van der Waals surface area (Å²) in [4.78, 5) is 0. The van der Waals surface area contributed by atoms with Gasteiger partial charge in [0.05, 0.1) is 12.7 Å². The lowest BCUT2D eigenvalue weighted by Crippen LogP contribution is -2.26. The largest absolute Gasteiger partial charge is 0.377 e. The van der Waals surface area contributed by atoms with Crippen LogP contribution in [0.1, 0.15) is 38.5 Å². The van der Waals surface area contributed by atoms with E-state index in [2.05, 4.69) is 5.32 Å². The number of nitrogens with one attached hydrogen (secondary N) is 1. The van der Waals surface area contributed by atoms with Crippen LogP contribution in [0.5, 0.6) is 0 Å². The molecule has 0 heterocycles. The molecule has 3 N–H and O–H groups in total. The van der Waals surface area contributed by atoms with Crippen molar-refractivity contribution in [2.75, 3.05) is 26.2 Å². The molecule has 0 radical (unpaired) electrons. The molecule has 0 bridgehead atoms. The zero-order chi connectivity index (χ0) is 10.1. The van der Waals surface area contributed by atoms with Crippen LogP contribution in [0.3, 0.4) is 0 Å². The van der Waals surface area contributed by atoms with E-state index in [0.29, 0.717) is 6.10 Å². The molecule has 1 aliphatic rings. The third-order valence-electron chi connectivity index (χ3n) is 2.74. The Labute approximate surface area is 87.4 Å². The van der Waals surface area contributed by atoms with Crippen molar-refractivity contribution in [2.24, 2.45) is 5.73 Å². The lowest BCUT2D eigenvalue weighted by atomic mass is 9.98. The van der Waals surface area contributed by atoms with E-state index in [1.54, 1.807) is 0 Å². The minimum absolute atomic E-state index is 0.542. The van der Waals surface area contributed by atoms with E-state index in [-0.39, 0.29) is 0 Å². The second kappa shape index (κ2) is 8.21. The number of rotatable bonds is 7. The Bertz CT molecular complexity index is 124. The Morgan fingerprint density at radius 1 is 1.14 bits per heavy atom. The van der Waals surface area contributed by atoms with Gasteiger partial charge in [0, 0.05) is 6.54 Å². The van der Waals surface area contributed by atoms with Crippen molar-refractivity contribution in [3.63, 3.8) is 0 Å². The summed E-state index contributed by atoms with van der Waals surface area (Å²) < 4.78 is 5.77. The lowest BCUT2D eigenvalue weighted by Gasteiger charge is -2.21. The third kappa shape index (κ3) is 5.58. The van der Waals surface area contributed by atoms with Gasteiger partial charge in [-0.05, 0) is 32.4 Å². The zero-order valence-electron chi connectivity index (χ0n) is 9.13. The van der Waals surface area contributed by atoms with Crippen LogP contribution in [0.4, 0.5) is 0 Å². The summed E-state index contributed by atoms with van der Waals surface area (Å²) in [5.41, 5.74) is 5.39. The van der Waals surface area contributed by atoms with E-state index in [0.717, 1.165) is 32.7 Å². The van der Waals surface area contributed by atoms with E-state index in [9.17, 15) is 0 Å². The summed E-state index contributed by atoms with van der Waals surface area (Å²) in [5, 5.41) is 3.32. The molecule has 0 unspecified atom stereocenters. The molecule has 0 saturated heterocycles. The van der Waals surface area contributed by atoms with Crippen molar-refractivity contribution in [1.82, 2.24) is 5.32 Å². The number of hydrogen-bond acceptors (Lipinski definition) is 3. The number of hydrogen-bond donors (Lipinski definition) is 2. The molecular weight excluding hydrogens is 176 g/mol. The van der Waals surface area contributed by atoms with E-state index >= 15 is 0 Å². The topological polar surface area (TPSA) is 47.3 Å². The summed E-state index contributed by atoms with van der Waals surface area (Å²) in [6.45, 7) is 3.62. The maximum absolute atomic E-state index is 5.77. The predicted octanol–water partition coefficient (Wildman–Crippen LogP) is 1.27. The van der Waals surface area contributed by atoms with Crippen LogP contribution in [0.15, 0.2) is 0 Å². The van der Waals surface area contributed by atoms with Crippen LogP contribution in [0.2, 0.25) is 0 Å². The maximum atomic E-state index is 5.77. The predicted molar refractivity (Wildman–Crippen MR) is 59.4 cm³/mol. The highest BCUT2D eigenvalue weighted by atomic mass is 16.5. The van der Waals surface area contributed by atoms with E-state index in [1.165, 1.54) is 32.1 Å². The van der Waals surface area contributed by atoms with Gasteiger partial charge in [-0.1, -0.05) is 19.3 Å². The fraction of sp³-hybridized carbons (Fsp3) is 1.00. The van der Waals surface area contributed by atoms with Crippen molar-refractivity contribution < 1.29 is 4.74 Å². The van der Waals surface area contributed by atoms with Crippen LogP contribution in [-0.4, -0.2) is 32.3 Å². The molecule has 0 aromatic carbocycles. The number of nitrogens with two attached hydrogens (primary N) is 1. The van der Waals surface area contributed by atoms with Gasteiger partial charge in [-0.15, -0.1) is 0 Å². The van der Waals surface area contributed by atoms with Gasteiger partial charge < -0.3 is 15.8 Å². The van der Waals surface area contributed by atoms with Crippen LogP contribution in [0.25, 0.3) is 0 Å². The molecule has 0 aromatic rings. The van der Waals surface area contributed by atoms with Gasteiger partial charge in [0.1, 0.15) is 0 Å². The first-order valence-corrected chi connectivity index (χ1v) is 5.96. The van der Waals surface area contributed by atoms with Gasteiger partial charge in [0.25, 0.3) is 0 Å². The summed E-state index contributed by atoms with van der Waals surface area (Å²) >= 11 is 0. The first-order valence-electron chi connectivity index (χ1n) is 5.96.